The Labute approximate surface area is 113 Å². The Morgan fingerprint density at radius 1 is 1.16 bits per heavy atom. The molecule has 0 radical (unpaired) electrons. The predicted molar refractivity (Wildman–Crippen MR) is 76.7 cm³/mol. The smallest absolute Gasteiger partial charge is 0.239 e. The monoisotopic (exact) mass is 257 g/mol. The highest BCUT2D eigenvalue weighted by Crippen LogP contribution is 2.24. The van der Waals surface area contributed by atoms with Crippen LogP contribution in [0.2, 0.25) is 0 Å². The largest absolute Gasteiger partial charge is 0.437 e. The summed E-state index contributed by atoms with van der Waals surface area (Å²) in [6, 6.07) is 7.98. The van der Waals surface area contributed by atoms with Crippen molar-refractivity contribution in [1.29, 1.82) is 0 Å². The van der Waals surface area contributed by atoms with Gasteiger partial charge in [-0.05, 0) is 24.5 Å². The summed E-state index contributed by atoms with van der Waals surface area (Å²) >= 11 is 0. The zero-order valence-corrected chi connectivity index (χ0v) is 11.4. The van der Waals surface area contributed by atoms with E-state index in [9.17, 15) is 0 Å². The molecule has 0 aliphatic heterocycles. The molecule has 1 N–H and O–H groups in total. The van der Waals surface area contributed by atoms with Gasteiger partial charge in [0.2, 0.25) is 5.88 Å². The molecule has 2 aromatic rings. The molecular formula is C15H19N3O. The van der Waals surface area contributed by atoms with Gasteiger partial charge in [-0.15, -0.1) is 0 Å². The van der Waals surface area contributed by atoms with Crippen molar-refractivity contribution in [3.63, 3.8) is 0 Å². The number of aromatic nitrogens is 2. The van der Waals surface area contributed by atoms with Crippen molar-refractivity contribution in [3.8, 4) is 11.6 Å². The van der Waals surface area contributed by atoms with Crippen LogP contribution in [0.1, 0.15) is 25.8 Å². The summed E-state index contributed by atoms with van der Waals surface area (Å²) in [5, 5.41) is 3.20. The third-order valence-corrected chi connectivity index (χ3v) is 2.74. The summed E-state index contributed by atoms with van der Waals surface area (Å²) in [5.74, 6) is 2.10. The Bertz CT molecular complexity index is 528. The average Bonchev–Trinajstić information content (AvgIpc) is 2.46. The standard InChI is InChI=1S/C15H19N3O/c1-3-9-17-14-10-16-11-15(18-14)19-13-8-6-5-7-12(13)4-2/h5-8,10-11H,3-4,9H2,1-2H3,(H,17,18). The zero-order valence-electron chi connectivity index (χ0n) is 11.4. The molecule has 0 aliphatic carbocycles. The minimum absolute atomic E-state index is 0.516. The molecule has 0 spiro atoms. The maximum Gasteiger partial charge on any atom is 0.239 e. The van der Waals surface area contributed by atoms with Crippen LogP contribution >= 0.6 is 0 Å². The van der Waals surface area contributed by atoms with Crippen LogP contribution in [-0.2, 0) is 6.42 Å². The second-order valence-corrected chi connectivity index (χ2v) is 4.23. The van der Waals surface area contributed by atoms with Crippen LogP contribution in [0.25, 0.3) is 0 Å². The topological polar surface area (TPSA) is 47.0 Å². The van der Waals surface area contributed by atoms with Crippen molar-refractivity contribution in [2.75, 3.05) is 11.9 Å². The Morgan fingerprint density at radius 3 is 2.79 bits per heavy atom. The maximum absolute atomic E-state index is 5.81. The average molecular weight is 257 g/mol. The summed E-state index contributed by atoms with van der Waals surface area (Å²) in [5.41, 5.74) is 1.16. The van der Waals surface area contributed by atoms with Crippen molar-refractivity contribution < 1.29 is 4.74 Å². The number of rotatable bonds is 6. The Morgan fingerprint density at radius 2 is 2.00 bits per heavy atom. The van der Waals surface area contributed by atoms with E-state index in [2.05, 4.69) is 35.2 Å². The molecule has 0 bridgehead atoms. The molecule has 0 atom stereocenters. The fourth-order valence-electron chi connectivity index (χ4n) is 1.74. The van der Waals surface area contributed by atoms with E-state index in [0.29, 0.717) is 5.88 Å². The van der Waals surface area contributed by atoms with Gasteiger partial charge in [0.05, 0.1) is 12.4 Å². The summed E-state index contributed by atoms with van der Waals surface area (Å²) in [6.07, 6.45) is 5.31. The second-order valence-electron chi connectivity index (χ2n) is 4.23. The van der Waals surface area contributed by atoms with Crippen LogP contribution in [0.3, 0.4) is 0 Å². The molecule has 0 aliphatic rings. The van der Waals surface area contributed by atoms with Gasteiger partial charge in [0.15, 0.2) is 0 Å². The lowest BCUT2D eigenvalue weighted by molar-refractivity contribution is 0.455. The minimum Gasteiger partial charge on any atom is -0.437 e. The lowest BCUT2D eigenvalue weighted by Gasteiger charge is -2.10. The quantitative estimate of drug-likeness (QED) is 0.858. The van der Waals surface area contributed by atoms with Gasteiger partial charge in [0.1, 0.15) is 11.6 Å². The van der Waals surface area contributed by atoms with E-state index in [1.807, 2.05) is 18.2 Å². The van der Waals surface area contributed by atoms with E-state index in [1.165, 1.54) is 0 Å². The molecule has 0 saturated carbocycles. The number of nitrogens with zero attached hydrogens (tertiary/aromatic N) is 2. The van der Waals surface area contributed by atoms with E-state index >= 15 is 0 Å². The van der Waals surface area contributed by atoms with Gasteiger partial charge in [0.25, 0.3) is 0 Å². The van der Waals surface area contributed by atoms with Gasteiger partial charge in [-0.25, -0.2) is 0 Å². The molecule has 1 aromatic heterocycles. The summed E-state index contributed by atoms with van der Waals surface area (Å²) in [7, 11) is 0. The van der Waals surface area contributed by atoms with Crippen LogP contribution in [0, 0.1) is 0 Å². The first-order valence-electron chi connectivity index (χ1n) is 6.65. The first-order valence-corrected chi connectivity index (χ1v) is 6.65. The van der Waals surface area contributed by atoms with E-state index in [4.69, 9.17) is 4.74 Å². The molecule has 4 nitrogen and oxygen atoms in total. The summed E-state index contributed by atoms with van der Waals surface area (Å²) in [4.78, 5) is 8.52. The molecule has 0 amide bonds. The van der Waals surface area contributed by atoms with E-state index in [-0.39, 0.29) is 0 Å². The molecule has 0 fully saturated rings. The second kappa shape index (κ2) is 6.73. The molecule has 1 aromatic carbocycles. The fourth-order valence-corrected chi connectivity index (χ4v) is 1.74. The van der Waals surface area contributed by atoms with Crippen LogP contribution in [-0.4, -0.2) is 16.5 Å². The third kappa shape index (κ3) is 3.68. The highest BCUT2D eigenvalue weighted by molar-refractivity contribution is 5.38. The molecular weight excluding hydrogens is 238 g/mol. The molecule has 0 unspecified atom stereocenters. The number of ether oxygens (including phenoxy) is 1. The van der Waals surface area contributed by atoms with Crippen LogP contribution < -0.4 is 10.1 Å². The third-order valence-electron chi connectivity index (χ3n) is 2.74. The lowest BCUT2D eigenvalue weighted by atomic mass is 10.1. The summed E-state index contributed by atoms with van der Waals surface area (Å²) in [6.45, 7) is 5.09. The Hall–Kier alpha value is -2.10. The van der Waals surface area contributed by atoms with Gasteiger partial charge in [-0.2, -0.15) is 4.98 Å². The minimum atomic E-state index is 0.516. The van der Waals surface area contributed by atoms with Crippen LogP contribution in [0.15, 0.2) is 36.7 Å². The fraction of sp³-hybridized carbons (Fsp3) is 0.333. The molecule has 0 saturated heterocycles. The van der Waals surface area contributed by atoms with E-state index in [1.54, 1.807) is 12.4 Å². The zero-order chi connectivity index (χ0) is 13.5. The normalized spacial score (nSPS) is 10.2. The first-order chi connectivity index (χ1) is 9.33. The SMILES string of the molecule is CCCNc1cncc(Oc2ccccc2CC)n1. The number of aryl methyl sites for hydroxylation is 1. The van der Waals surface area contributed by atoms with Crippen molar-refractivity contribution in [1.82, 2.24) is 9.97 Å². The Balaban J connectivity index is 2.14. The Kier molecular flexibility index (Phi) is 4.72. The number of anilines is 1. The molecule has 2 rings (SSSR count). The van der Waals surface area contributed by atoms with E-state index < -0.39 is 0 Å². The highest BCUT2D eigenvalue weighted by Gasteiger charge is 2.04. The maximum atomic E-state index is 5.81. The number of nitrogens with one attached hydrogen (secondary N) is 1. The molecule has 4 heteroatoms. The van der Waals surface area contributed by atoms with Crippen molar-refractivity contribution in [2.24, 2.45) is 0 Å². The number of benzene rings is 1. The number of para-hydroxylation sites is 1. The van der Waals surface area contributed by atoms with Gasteiger partial charge in [0, 0.05) is 6.54 Å². The molecule has 100 valence electrons. The van der Waals surface area contributed by atoms with Crippen molar-refractivity contribution in [3.05, 3.63) is 42.2 Å². The van der Waals surface area contributed by atoms with Crippen molar-refractivity contribution in [2.45, 2.75) is 26.7 Å². The van der Waals surface area contributed by atoms with Crippen LogP contribution in [0.4, 0.5) is 5.82 Å². The van der Waals surface area contributed by atoms with Crippen LogP contribution in [0.5, 0.6) is 11.6 Å². The number of hydrogen-bond donors (Lipinski definition) is 1. The van der Waals surface area contributed by atoms with Gasteiger partial charge in [-0.3, -0.25) is 4.98 Å². The first kappa shape index (κ1) is 13.3. The highest BCUT2D eigenvalue weighted by atomic mass is 16.5. The van der Waals surface area contributed by atoms with Gasteiger partial charge >= 0.3 is 0 Å². The van der Waals surface area contributed by atoms with E-state index in [0.717, 1.165) is 36.5 Å². The van der Waals surface area contributed by atoms with Gasteiger partial charge < -0.3 is 10.1 Å². The molecule has 19 heavy (non-hydrogen) atoms. The van der Waals surface area contributed by atoms with Gasteiger partial charge in [-0.1, -0.05) is 32.0 Å². The molecule has 1 heterocycles. The summed E-state index contributed by atoms with van der Waals surface area (Å²) < 4.78 is 5.81. The predicted octanol–water partition coefficient (Wildman–Crippen LogP) is 3.65. The van der Waals surface area contributed by atoms with Crippen molar-refractivity contribution >= 4 is 5.82 Å². The lowest BCUT2D eigenvalue weighted by Crippen LogP contribution is -2.03. The number of hydrogen-bond acceptors (Lipinski definition) is 4.